The van der Waals surface area contributed by atoms with Crippen molar-refractivity contribution in [2.75, 3.05) is 6.61 Å². The monoisotopic (exact) mass is 584 g/mol. The second kappa shape index (κ2) is 32.3. The Morgan fingerprint density at radius 1 is 0.512 bits per heavy atom. The fraction of sp³-hybridized carbons (Fsp3) is 0.972. The van der Waals surface area contributed by atoms with E-state index in [1.165, 1.54) is 141 Å². The van der Waals surface area contributed by atoms with Crippen LogP contribution in [0.4, 0.5) is 0 Å². The molecule has 3 unspecified atom stereocenters. The Hall–Kier alpha value is -0.650. The molecule has 0 aliphatic rings. The molecule has 0 aromatic rings. The average Bonchev–Trinajstić information content (AvgIpc) is 2.96. The van der Waals surface area contributed by atoms with E-state index in [1.807, 2.05) is 0 Å². The highest BCUT2D eigenvalue weighted by molar-refractivity contribution is 5.76. The molecule has 0 rings (SSSR count). The zero-order chi connectivity index (χ0) is 30.2. The van der Waals surface area contributed by atoms with Crippen LogP contribution >= 0.6 is 0 Å². The summed E-state index contributed by atoms with van der Waals surface area (Å²) in [7, 11) is 0. The zero-order valence-electron chi connectivity index (χ0n) is 27.7. The third-order valence-corrected chi connectivity index (χ3v) is 8.67. The van der Waals surface area contributed by atoms with Crippen LogP contribution in [0.1, 0.15) is 200 Å². The van der Waals surface area contributed by atoms with Crippen LogP contribution in [0, 0.1) is 0 Å². The molecule has 4 N–H and O–H groups in total. The van der Waals surface area contributed by atoms with Crippen molar-refractivity contribution < 1.29 is 20.1 Å². The fourth-order valence-electron chi connectivity index (χ4n) is 5.82. The van der Waals surface area contributed by atoms with Gasteiger partial charge >= 0.3 is 0 Å². The van der Waals surface area contributed by atoms with Crippen LogP contribution in [0.15, 0.2) is 0 Å². The quantitative estimate of drug-likeness (QED) is 0.0579. The lowest BCUT2D eigenvalue weighted by Crippen LogP contribution is -2.46. The maximum absolute atomic E-state index is 12.4. The van der Waals surface area contributed by atoms with Crippen molar-refractivity contribution in [1.82, 2.24) is 5.32 Å². The van der Waals surface area contributed by atoms with Crippen LogP contribution in [-0.2, 0) is 4.79 Å². The van der Waals surface area contributed by atoms with E-state index in [2.05, 4.69) is 19.2 Å². The molecule has 3 atom stereocenters. The number of amides is 1. The second-order valence-corrected chi connectivity index (χ2v) is 12.8. The lowest BCUT2D eigenvalue weighted by atomic mass is 10.0. The summed E-state index contributed by atoms with van der Waals surface area (Å²) in [5.41, 5.74) is 0. The molecule has 1 amide bonds. The van der Waals surface area contributed by atoms with E-state index in [1.54, 1.807) is 0 Å². The van der Waals surface area contributed by atoms with Crippen molar-refractivity contribution in [2.24, 2.45) is 0 Å². The summed E-state index contributed by atoms with van der Waals surface area (Å²) in [6, 6.07) is -0.650. The Morgan fingerprint density at radius 2 is 0.829 bits per heavy atom. The molecule has 5 nitrogen and oxygen atoms in total. The van der Waals surface area contributed by atoms with E-state index in [9.17, 15) is 20.1 Å². The number of nitrogens with one attached hydrogen (secondary N) is 1. The van der Waals surface area contributed by atoms with Crippen molar-refractivity contribution in [3.05, 3.63) is 0 Å². The van der Waals surface area contributed by atoms with Crippen molar-refractivity contribution in [2.45, 2.75) is 218 Å². The Balaban J connectivity index is 3.66. The van der Waals surface area contributed by atoms with Gasteiger partial charge in [0.15, 0.2) is 0 Å². The van der Waals surface area contributed by atoms with Gasteiger partial charge in [-0.05, 0) is 12.8 Å². The number of carbonyl (C=O) groups excluding carboxylic acids is 1. The third-order valence-electron chi connectivity index (χ3n) is 8.67. The first-order chi connectivity index (χ1) is 20.0. The highest BCUT2D eigenvalue weighted by Gasteiger charge is 2.21. The lowest BCUT2D eigenvalue weighted by molar-refractivity contribution is -0.125. The molecular weight excluding hydrogens is 510 g/mol. The van der Waals surface area contributed by atoms with Crippen LogP contribution in [0.2, 0.25) is 0 Å². The van der Waals surface area contributed by atoms with Gasteiger partial charge in [-0.3, -0.25) is 4.79 Å². The molecule has 0 radical (unpaired) electrons. The van der Waals surface area contributed by atoms with Gasteiger partial charge in [-0.1, -0.05) is 181 Å². The summed E-state index contributed by atoms with van der Waals surface area (Å²) in [4.78, 5) is 12.4. The van der Waals surface area contributed by atoms with Gasteiger partial charge in [0.25, 0.3) is 0 Å². The summed E-state index contributed by atoms with van der Waals surface area (Å²) in [6.07, 6.45) is 33.3. The van der Waals surface area contributed by atoms with Gasteiger partial charge in [0, 0.05) is 0 Å². The molecule has 0 aliphatic carbocycles. The van der Waals surface area contributed by atoms with Crippen LogP contribution in [-0.4, -0.2) is 46.1 Å². The summed E-state index contributed by atoms with van der Waals surface area (Å²) >= 11 is 0. The molecule has 0 aromatic heterocycles. The van der Waals surface area contributed by atoms with Gasteiger partial charge in [0.1, 0.15) is 0 Å². The summed E-state index contributed by atoms with van der Waals surface area (Å²) in [6.45, 7) is 4.25. The van der Waals surface area contributed by atoms with E-state index in [4.69, 9.17) is 0 Å². The molecular formula is C36H73NO4. The first-order valence-corrected chi connectivity index (χ1v) is 18.3. The highest BCUT2D eigenvalue weighted by atomic mass is 16.3. The first kappa shape index (κ1) is 40.4. The smallest absolute Gasteiger partial charge is 0.222 e. The number of aliphatic hydroxyl groups is 3. The minimum Gasteiger partial charge on any atom is -0.394 e. The van der Waals surface area contributed by atoms with Gasteiger partial charge in [-0.15, -0.1) is 0 Å². The van der Waals surface area contributed by atoms with Crippen LogP contribution in [0.25, 0.3) is 0 Å². The van der Waals surface area contributed by atoms with E-state index in [0.29, 0.717) is 12.8 Å². The van der Waals surface area contributed by atoms with E-state index < -0.39 is 18.2 Å². The number of carbonyl (C=O) groups is 1. The minimum absolute atomic E-state index is 0.0419. The molecule has 0 heterocycles. The molecule has 0 fully saturated rings. The topological polar surface area (TPSA) is 89.8 Å². The van der Waals surface area contributed by atoms with E-state index in [0.717, 1.165) is 25.7 Å². The van der Waals surface area contributed by atoms with Crippen LogP contribution in [0.3, 0.4) is 0 Å². The van der Waals surface area contributed by atoms with Gasteiger partial charge in [0.05, 0.1) is 31.3 Å². The van der Waals surface area contributed by atoms with E-state index >= 15 is 0 Å². The number of rotatable bonds is 33. The van der Waals surface area contributed by atoms with Crippen LogP contribution < -0.4 is 5.32 Å². The normalized spacial score (nSPS) is 13.8. The average molecular weight is 584 g/mol. The lowest BCUT2D eigenvalue weighted by Gasteiger charge is -2.23. The van der Waals surface area contributed by atoms with Crippen molar-refractivity contribution in [3.63, 3.8) is 0 Å². The van der Waals surface area contributed by atoms with Crippen molar-refractivity contribution >= 4 is 5.91 Å². The Morgan fingerprint density at radius 3 is 1.17 bits per heavy atom. The van der Waals surface area contributed by atoms with Gasteiger partial charge in [-0.2, -0.15) is 0 Å². The highest BCUT2D eigenvalue weighted by Crippen LogP contribution is 2.16. The number of aliphatic hydroxyl groups excluding tert-OH is 3. The number of hydrogen-bond donors (Lipinski definition) is 4. The van der Waals surface area contributed by atoms with Crippen LogP contribution in [0.5, 0.6) is 0 Å². The molecule has 0 aliphatic heterocycles. The summed E-state index contributed by atoms with van der Waals surface area (Å²) in [5, 5.41) is 33.2. The molecule has 41 heavy (non-hydrogen) atoms. The third kappa shape index (κ3) is 29.2. The SMILES string of the molecule is CCCCCCCCCCCCCCCC(O)CC(=O)NC(CO)C(O)CCCCCCCCCCCCCCC. The Bertz CT molecular complexity index is 530. The fourth-order valence-corrected chi connectivity index (χ4v) is 5.82. The van der Waals surface area contributed by atoms with Gasteiger partial charge in [0.2, 0.25) is 5.91 Å². The van der Waals surface area contributed by atoms with Crippen molar-refractivity contribution in [1.29, 1.82) is 0 Å². The summed E-state index contributed by atoms with van der Waals surface area (Å²) in [5.74, 6) is -0.282. The zero-order valence-corrected chi connectivity index (χ0v) is 27.7. The molecule has 0 saturated carbocycles. The molecule has 5 heteroatoms. The maximum atomic E-state index is 12.4. The number of hydrogen-bond acceptors (Lipinski definition) is 4. The largest absolute Gasteiger partial charge is 0.394 e. The Labute approximate surface area is 256 Å². The van der Waals surface area contributed by atoms with Gasteiger partial charge < -0.3 is 20.6 Å². The molecule has 0 aromatic carbocycles. The number of unbranched alkanes of at least 4 members (excludes halogenated alkanes) is 24. The molecule has 0 bridgehead atoms. The standard InChI is InChI=1S/C36H73NO4/c1-3-5-7-9-11-13-15-17-19-21-23-25-27-29-33(39)31-36(41)37-34(32-38)35(40)30-28-26-24-22-20-18-16-14-12-10-8-6-4-2/h33-35,38-40H,3-32H2,1-2H3,(H,37,41). The molecule has 0 saturated heterocycles. The first-order valence-electron chi connectivity index (χ1n) is 18.3. The molecule has 246 valence electrons. The van der Waals surface area contributed by atoms with Gasteiger partial charge in [-0.25, -0.2) is 0 Å². The molecule has 0 spiro atoms. The predicted octanol–water partition coefficient (Wildman–Crippen LogP) is 9.54. The minimum atomic E-state index is -0.741. The summed E-state index contributed by atoms with van der Waals surface area (Å²) < 4.78 is 0. The predicted molar refractivity (Wildman–Crippen MR) is 176 cm³/mol. The second-order valence-electron chi connectivity index (χ2n) is 12.8. The van der Waals surface area contributed by atoms with Crippen molar-refractivity contribution in [3.8, 4) is 0 Å². The Kier molecular flexibility index (Phi) is 31.8. The maximum Gasteiger partial charge on any atom is 0.222 e. The van der Waals surface area contributed by atoms with E-state index in [-0.39, 0.29) is 18.9 Å².